The van der Waals surface area contributed by atoms with Gasteiger partial charge >= 0.3 is 0 Å². The molecule has 0 radical (unpaired) electrons. The van der Waals surface area contributed by atoms with Crippen LogP contribution in [0.3, 0.4) is 0 Å². The Kier molecular flexibility index (Phi) is 6.27. The van der Waals surface area contributed by atoms with Crippen LogP contribution in [0.5, 0.6) is 0 Å². The lowest BCUT2D eigenvalue weighted by Gasteiger charge is -2.20. The number of carbonyl (C=O) groups excluding carboxylic acids is 1. The number of carbonyl (C=O) groups is 1. The largest absolute Gasteiger partial charge is 0.326 e. The van der Waals surface area contributed by atoms with Crippen molar-refractivity contribution < 1.29 is 13.2 Å². The van der Waals surface area contributed by atoms with Crippen molar-refractivity contribution >= 4 is 27.3 Å². The minimum atomic E-state index is -3.64. The molecular formula is C24H26N2O3S. The van der Waals surface area contributed by atoms with Gasteiger partial charge in [-0.2, -0.15) is 0 Å². The van der Waals surface area contributed by atoms with E-state index in [4.69, 9.17) is 0 Å². The Morgan fingerprint density at radius 3 is 2.10 bits per heavy atom. The summed E-state index contributed by atoms with van der Waals surface area (Å²) in [5.74, 6) is -0.114. The zero-order valence-corrected chi connectivity index (χ0v) is 18.5. The molecule has 1 amide bonds. The van der Waals surface area contributed by atoms with Crippen LogP contribution in [0.1, 0.15) is 22.3 Å². The van der Waals surface area contributed by atoms with Gasteiger partial charge in [-0.1, -0.05) is 42.0 Å². The van der Waals surface area contributed by atoms with Gasteiger partial charge in [0.2, 0.25) is 5.91 Å². The first-order chi connectivity index (χ1) is 14.2. The fourth-order valence-electron chi connectivity index (χ4n) is 3.08. The lowest BCUT2D eigenvalue weighted by Crippen LogP contribution is -2.26. The van der Waals surface area contributed by atoms with Crippen LogP contribution in [0.2, 0.25) is 0 Å². The second kappa shape index (κ2) is 8.71. The van der Waals surface area contributed by atoms with Crippen molar-refractivity contribution in [2.24, 2.45) is 0 Å². The maximum atomic E-state index is 12.8. The van der Waals surface area contributed by atoms with Crippen molar-refractivity contribution in [3.8, 4) is 0 Å². The SMILES string of the molecule is Cc1ccc(S(=O)(=O)N(C)c2ccc(CC(=O)Nc3cc(C)ccc3C)cc2)cc1. The predicted octanol–water partition coefficient (Wildman–Crippen LogP) is 4.62. The van der Waals surface area contributed by atoms with Gasteiger partial charge in [-0.05, 0) is 67.8 Å². The average Bonchev–Trinajstić information content (AvgIpc) is 2.71. The molecule has 0 aliphatic heterocycles. The van der Waals surface area contributed by atoms with Crippen LogP contribution in [-0.2, 0) is 21.2 Å². The number of nitrogens with zero attached hydrogens (tertiary/aromatic N) is 1. The third-order valence-electron chi connectivity index (χ3n) is 5.01. The number of hydrogen-bond acceptors (Lipinski definition) is 3. The van der Waals surface area contributed by atoms with E-state index in [0.29, 0.717) is 5.69 Å². The van der Waals surface area contributed by atoms with Gasteiger partial charge in [-0.15, -0.1) is 0 Å². The maximum Gasteiger partial charge on any atom is 0.264 e. The Hall–Kier alpha value is -3.12. The van der Waals surface area contributed by atoms with E-state index in [2.05, 4.69) is 5.32 Å². The molecule has 5 nitrogen and oxygen atoms in total. The summed E-state index contributed by atoms with van der Waals surface area (Å²) >= 11 is 0. The van der Waals surface area contributed by atoms with Gasteiger partial charge in [0.1, 0.15) is 0 Å². The van der Waals surface area contributed by atoms with Gasteiger partial charge in [0, 0.05) is 12.7 Å². The van der Waals surface area contributed by atoms with E-state index in [9.17, 15) is 13.2 Å². The van der Waals surface area contributed by atoms with Crippen molar-refractivity contribution in [1.82, 2.24) is 0 Å². The highest BCUT2D eigenvalue weighted by molar-refractivity contribution is 7.92. The zero-order valence-electron chi connectivity index (χ0n) is 17.6. The highest BCUT2D eigenvalue weighted by Gasteiger charge is 2.21. The Morgan fingerprint density at radius 1 is 0.867 bits per heavy atom. The summed E-state index contributed by atoms with van der Waals surface area (Å²) in [6.07, 6.45) is 0.210. The summed E-state index contributed by atoms with van der Waals surface area (Å²) < 4.78 is 26.9. The predicted molar refractivity (Wildman–Crippen MR) is 121 cm³/mol. The molecule has 0 spiro atoms. The highest BCUT2D eigenvalue weighted by atomic mass is 32.2. The number of aryl methyl sites for hydroxylation is 3. The molecule has 0 saturated carbocycles. The van der Waals surface area contributed by atoms with Crippen LogP contribution in [0.15, 0.2) is 71.6 Å². The van der Waals surface area contributed by atoms with E-state index in [1.165, 1.54) is 11.4 Å². The smallest absolute Gasteiger partial charge is 0.264 e. The van der Waals surface area contributed by atoms with Crippen LogP contribution in [0.4, 0.5) is 11.4 Å². The van der Waals surface area contributed by atoms with Crippen molar-refractivity contribution in [1.29, 1.82) is 0 Å². The Labute approximate surface area is 178 Å². The van der Waals surface area contributed by atoms with Crippen LogP contribution in [-0.4, -0.2) is 21.4 Å². The van der Waals surface area contributed by atoms with Crippen LogP contribution in [0.25, 0.3) is 0 Å². The van der Waals surface area contributed by atoms with E-state index >= 15 is 0 Å². The number of amides is 1. The van der Waals surface area contributed by atoms with E-state index in [1.54, 1.807) is 48.5 Å². The van der Waals surface area contributed by atoms with Crippen molar-refractivity contribution in [2.75, 3.05) is 16.7 Å². The molecule has 0 fully saturated rings. The number of sulfonamides is 1. The fraction of sp³-hybridized carbons (Fsp3) is 0.208. The van der Waals surface area contributed by atoms with Crippen LogP contribution in [0, 0.1) is 20.8 Å². The molecule has 1 N–H and O–H groups in total. The molecule has 0 aliphatic rings. The molecule has 0 saturated heterocycles. The normalized spacial score (nSPS) is 11.2. The quantitative estimate of drug-likeness (QED) is 0.630. The summed E-state index contributed by atoms with van der Waals surface area (Å²) in [6.45, 7) is 5.85. The van der Waals surface area contributed by atoms with E-state index in [-0.39, 0.29) is 17.2 Å². The Bertz CT molecular complexity index is 1150. The van der Waals surface area contributed by atoms with Gasteiger partial charge in [0.15, 0.2) is 0 Å². The highest BCUT2D eigenvalue weighted by Crippen LogP contribution is 2.23. The van der Waals surface area contributed by atoms with Crippen molar-refractivity contribution in [3.05, 3.63) is 89.0 Å². The first kappa shape index (κ1) is 21.6. The Morgan fingerprint density at radius 2 is 1.47 bits per heavy atom. The van der Waals surface area contributed by atoms with Crippen LogP contribution >= 0.6 is 0 Å². The van der Waals surface area contributed by atoms with Gasteiger partial charge < -0.3 is 5.32 Å². The second-order valence-electron chi connectivity index (χ2n) is 7.50. The molecule has 0 heterocycles. The topological polar surface area (TPSA) is 66.5 Å². The standard InChI is InChI=1S/C24H26N2O3S/c1-17-6-13-22(14-7-17)30(28,29)26(4)21-11-9-20(10-12-21)16-24(27)25-23-15-18(2)5-8-19(23)3/h5-15H,16H2,1-4H3,(H,25,27). The van der Waals surface area contributed by atoms with Gasteiger partial charge in [-0.3, -0.25) is 9.10 Å². The molecule has 0 atom stereocenters. The first-order valence-corrected chi connectivity index (χ1v) is 11.1. The maximum absolute atomic E-state index is 12.8. The lowest BCUT2D eigenvalue weighted by molar-refractivity contribution is -0.115. The third-order valence-corrected chi connectivity index (χ3v) is 6.81. The zero-order chi connectivity index (χ0) is 21.9. The summed E-state index contributed by atoms with van der Waals surface area (Å²) in [7, 11) is -2.11. The molecule has 30 heavy (non-hydrogen) atoms. The monoisotopic (exact) mass is 422 g/mol. The van der Waals surface area contributed by atoms with Crippen molar-refractivity contribution in [2.45, 2.75) is 32.1 Å². The number of rotatable bonds is 6. The lowest BCUT2D eigenvalue weighted by atomic mass is 10.1. The van der Waals surface area contributed by atoms with Gasteiger partial charge in [-0.25, -0.2) is 8.42 Å². The number of nitrogens with one attached hydrogen (secondary N) is 1. The molecule has 3 aromatic rings. The molecule has 0 bridgehead atoms. The molecule has 3 aromatic carbocycles. The molecule has 0 unspecified atom stereocenters. The molecule has 156 valence electrons. The summed E-state index contributed by atoms with van der Waals surface area (Å²) in [4.78, 5) is 12.7. The molecule has 0 aromatic heterocycles. The Balaban J connectivity index is 1.70. The fourth-order valence-corrected chi connectivity index (χ4v) is 4.28. The van der Waals surface area contributed by atoms with Gasteiger partial charge in [0.25, 0.3) is 10.0 Å². The molecule has 0 aliphatic carbocycles. The molecule has 6 heteroatoms. The summed E-state index contributed by atoms with van der Waals surface area (Å²) in [5, 5.41) is 2.94. The molecular weight excluding hydrogens is 396 g/mol. The van der Waals surface area contributed by atoms with E-state index in [1.807, 2.05) is 39.0 Å². The number of hydrogen-bond donors (Lipinski definition) is 1. The average molecular weight is 423 g/mol. The van der Waals surface area contributed by atoms with Crippen molar-refractivity contribution in [3.63, 3.8) is 0 Å². The summed E-state index contributed by atoms with van der Waals surface area (Å²) in [6, 6.07) is 19.7. The van der Waals surface area contributed by atoms with E-state index in [0.717, 1.165) is 27.9 Å². The molecule has 3 rings (SSSR count). The van der Waals surface area contributed by atoms with Crippen LogP contribution < -0.4 is 9.62 Å². The minimum absolute atomic E-state index is 0.114. The third kappa shape index (κ3) is 4.89. The number of anilines is 2. The number of benzene rings is 3. The first-order valence-electron chi connectivity index (χ1n) is 9.68. The van der Waals surface area contributed by atoms with Gasteiger partial charge in [0.05, 0.1) is 17.0 Å². The summed E-state index contributed by atoms with van der Waals surface area (Å²) in [5.41, 5.74) is 5.24. The van der Waals surface area contributed by atoms with E-state index < -0.39 is 10.0 Å². The minimum Gasteiger partial charge on any atom is -0.326 e. The second-order valence-corrected chi connectivity index (χ2v) is 9.46.